The molecule has 0 radical (unpaired) electrons. The number of imidazole rings is 1. The van der Waals surface area contributed by atoms with Gasteiger partial charge in [0.15, 0.2) is 0 Å². The molecule has 0 amide bonds. The van der Waals surface area contributed by atoms with E-state index < -0.39 is 0 Å². The standard InChI is InChI=1S/C10H9BrN2O/c1-6-9(13-10(14)12-6)7-2-4-8(11)5-3-7/h2-5H,1H3,(H2,12,13,14). The van der Waals surface area contributed by atoms with E-state index >= 15 is 0 Å². The highest BCUT2D eigenvalue weighted by atomic mass is 79.9. The average molecular weight is 253 g/mol. The van der Waals surface area contributed by atoms with Gasteiger partial charge in [-0.25, -0.2) is 4.79 Å². The Hall–Kier alpha value is -1.29. The van der Waals surface area contributed by atoms with E-state index in [1.807, 2.05) is 31.2 Å². The van der Waals surface area contributed by atoms with Crippen molar-refractivity contribution in [2.24, 2.45) is 0 Å². The first-order valence-electron chi connectivity index (χ1n) is 4.21. The number of nitrogens with one attached hydrogen (secondary N) is 2. The van der Waals surface area contributed by atoms with Gasteiger partial charge < -0.3 is 9.97 Å². The Morgan fingerprint density at radius 2 is 1.79 bits per heavy atom. The Kier molecular flexibility index (Phi) is 2.29. The van der Waals surface area contributed by atoms with Gasteiger partial charge in [-0.3, -0.25) is 0 Å². The van der Waals surface area contributed by atoms with Crippen LogP contribution < -0.4 is 5.69 Å². The van der Waals surface area contributed by atoms with Crippen molar-refractivity contribution in [2.45, 2.75) is 6.92 Å². The van der Waals surface area contributed by atoms with Crippen molar-refractivity contribution in [2.75, 3.05) is 0 Å². The van der Waals surface area contributed by atoms with Crippen LogP contribution in [0.1, 0.15) is 5.69 Å². The van der Waals surface area contributed by atoms with Gasteiger partial charge in [0.1, 0.15) is 0 Å². The lowest BCUT2D eigenvalue weighted by molar-refractivity contribution is 1.16. The van der Waals surface area contributed by atoms with Gasteiger partial charge in [0.05, 0.1) is 5.69 Å². The van der Waals surface area contributed by atoms with E-state index in [1.54, 1.807) is 0 Å². The van der Waals surface area contributed by atoms with E-state index in [2.05, 4.69) is 25.9 Å². The summed E-state index contributed by atoms with van der Waals surface area (Å²) >= 11 is 3.36. The number of hydrogen-bond acceptors (Lipinski definition) is 1. The molecule has 1 aromatic carbocycles. The number of benzene rings is 1. The van der Waals surface area contributed by atoms with Gasteiger partial charge in [0.2, 0.25) is 0 Å². The van der Waals surface area contributed by atoms with Gasteiger partial charge in [-0.1, -0.05) is 28.1 Å². The quantitative estimate of drug-likeness (QED) is 0.805. The minimum atomic E-state index is -0.166. The molecule has 0 atom stereocenters. The lowest BCUT2D eigenvalue weighted by Crippen LogP contribution is -2.00. The maximum absolute atomic E-state index is 11.0. The van der Waals surface area contributed by atoms with Crippen LogP contribution >= 0.6 is 15.9 Å². The zero-order valence-electron chi connectivity index (χ0n) is 7.60. The Morgan fingerprint density at radius 1 is 1.14 bits per heavy atom. The highest BCUT2D eigenvalue weighted by Gasteiger charge is 2.04. The first-order valence-corrected chi connectivity index (χ1v) is 5.01. The van der Waals surface area contributed by atoms with Crippen LogP contribution in [0.15, 0.2) is 33.5 Å². The van der Waals surface area contributed by atoms with Crippen molar-refractivity contribution in [3.05, 3.63) is 44.9 Å². The molecule has 2 rings (SSSR count). The van der Waals surface area contributed by atoms with Gasteiger partial charge in [-0.2, -0.15) is 0 Å². The summed E-state index contributed by atoms with van der Waals surface area (Å²) in [6.07, 6.45) is 0. The monoisotopic (exact) mass is 252 g/mol. The zero-order valence-corrected chi connectivity index (χ0v) is 9.18. The summed E-state index contributed by atoms with van der Waals surface area (Å²) in [7, 11) is 0. The molecule has 1 heterocycles. The van der Waals surface area contributed by atoms with E-state index in [9.17, 15) is 4.79 Å². The zero-order chi connectivity index (χ0) is 10.1. The van der Waals surface area contributed by atoms with Gasteiger partial charge in [-0.05, 0) is 24.6 Å². The van der Waals surface area contributed by atoms with E-state index in [4.69, 9.17) is 0 Å². The van der Waals surface area contributed by atoms with Crippen LogP contribution in [-0.2, 0) is 0 Å². The molecule has 0 aliphatic heterocycles. The molecule has 1 aromatic heterocycles. The normalized spacial score (nSPS) is 10.4. The van der Waals surface area contributed by atoms with Crippen molar-refractivity contribution >= 4 is 15.9 Å². The topological polar surface area (TPSA) is 48.6 Å². The number of aromatic amines is 2. The number of rotatable bonds is 1. The summed E-state index contributed by atoms with van der Waals surface area (Å²) in [5.74, 6) is 0. The van der Waals surface area contributed by atoms with Gasteiger partial charge in [-0.15, -0.1) is 0 Å². The highest BCUT2D eigenvalue weighted by molar-refractivity contribution is 9.10. The summed E-state index contributed by atoms with van der Waals surface area (Å²) in [6, 6.07) is 7.80. The Bertz CT molecular complexity index is 496. The van der Waals surface area contributed by atoms with Crippen LogP contribution in [0.3, 0.4) is 0 Å². The third-order valence-electron chi connectivity index (χ3n) is 2.05. The number of aromatic nitrogens is 2. The molecule has 0 bridgehead atoms. The number of halogens is 1. The number of H-pyrrole nitrogens is 2. The first kappa shape index (κ1) is 9.27. The van der Waals surface area contributed by atoms with Crippen LogP contribution in [0.4, 0.5) is 0 Å². The van der Waals surface area contributed by atoms with Gasteiger partial charge in [0.25, 0.3) is 0 Å². The van der Waals surface area contributed by atoms with E-state index in [-0.39, 0.29) is 5.69 Å². The van der Waals surface area contributed by atoms with Crippen molar-refractivity contribution in [1.29, 1.82) is 0 Å². The molecule has 0 saturated heterocycles. The predicted molar refractivity (Wildman–Crippen MR) is 59.3 cm³/mol. The molecule has 0 aliphatic carbocycles. The Morgan fingerprint density at radius 3 is 2.29 bits per heavy atom. The van der Waals surface area contributed by atoms with Crippen LogP contribution in [0.25, 0.3) is 11.3 Å². The number of aryl methyl sites for hydroxylation is 1. The fourth-order valence-corrected chi connectivity index (χ4v) is 1.64. The molecule has 4 heteroatoms. The largest absolute Gasteiger partial charge is 0.323 e. The first-order chi connectivity index (χ1) is 6.66. The predicted octanol–water partition coefficient (Wildman–Crippen LogP) is 2.44. The lowest BCUT2D eigenvalue weighted by Gasteiger charge is -1.98. The van der Waals surface area contributed by atoms with Crippen molar-refractivity contribution in [1.82, 2.24) is 9.97 Å². The lowest BCUT2D eigenvalue weighted by atomic mass is 10.1. The summed E-state index contributed by atoms with van der Waals surface area (Å²) in [5, 5.41) is 0. The Labute approximate surface area is 89.3 Å². The van der Waals surface area contributed by atoms with Crippen LogP contribution in [0.5, 0.6) is 0 Å². The van der Waals surface area contributed by atoms with Crippen LogP contribution in [0, 0.1) is 6.92 Å². The third-order valence-corrected chi connectivity index (χ3v) is 2.58. The fraction of sp³-hybridized carbons (Fsp3) is 0.100. The van der Waals surface area contributed by atoms with Crippen LogP contribution in [0.2, 0.25) is 0 Å². The van der Waals surface area contributed by atoms with Crippen molar-refractivity contribution < 1.29 is 0 Å². The second kappa shape index (κ2) is 3.46. The second-order valence-corrected chi connectivity index (χ2v) is 4.00. The van der Waals surface area contributed by atoms with E-state index in [0.29, 0.717) is 0 Å². The van der Waals surface area contributed by atoms with Crippen molar-refractivity contribution in [3.8, 4) is 11.3 Å². The summed E-state index contributed by atoms with van der Waals surface area (Å²) < 4.78 is 1.02. The fourth-order valence-electron chi connectivity index (χ4n) is 1.38. The summed E-state index contributed by atoms with van der Waals surface area (Å²) in [6.45, 7) is 1.87. The molecule has 0 spiro atoms. The van der Waals surface area contributed by atoms with Gasteiger partial charge >= 0.3 is 5.69 Å². The smallest absolute Gasteiger partial charge is 0.310 e. The van der Waals surface area contributed by atoms with Crippen LogP contribution in [-0.4, -0.2) is 9.97 Å². The summed E-state index contributed by atoms with van der Waals surface area (Å²) in [5.41, 5.74) is 2.55. The minimum Gasteiger partial charge on any atom is -0.310 e. The second-order valence-electron chi connectivity index (χ2n) is 3.09. The average Bonchev–Trinajstić information content (AvgIpc) is 2.47. The highest BCUT2D eigenvalue weighted by Crippen LogP contribution is 2.20. The molecule has 3 nitrogen and oxygen atoms in total. The maximum atomic E-state index is 11.0. The molecule has 2 N–H and O–H groups in total. The van der Waals surface area contributed by atoms with E-state index in [0.717, 1.165) is 21.4 Å². The third kappa shape index (κ3) is 1.65. The molecule has 14 heavy (non-hydrogen) atoms. The Balaban J connectivity index is 2.54. The van der Waals surface area contributed by atoms with Crippen molar-refractivity contribution in [3.63, 3.8) is 0 Å². The number of hydrogen-bond donors (Lipinski definition) is 2. The summed E-state index contributed by atoms with van der Waals surface area (Å²) in [4.78, 5) is 16.5. The molecule has 2 aromatic rings. The molecule has 0 fully saturated rings. The molecule has 72 valence electrons. The minimum absolute atomic E-state index is 0.166. The van der Waals surface area contributed by atoms with E-state index in [1.165, 1.54) is 0 Å². The molecular formula is C10H9BrN2O. The molecule has 0 aliphatic rings. The maximum Gasteiger partial charge on any atom is 0.323 e. The SMILES string of the molecule is Cc1[nH]c(=O)[nH]c1-c1ccc(Br)cc1. The molecule has 0 saturated carbocycles. The molecule has 0 unspecified atom stereocenters. The molecular weight excluding hydrogens is 244 g/mol. The van der Waals surface area contributed by atoms with Gasteiger partial charge in [0, 0.05) is 10.2 Å².